The van der Waals surface area contributed by atoms with Crippen LogP contribution in [0.2, 0.25) is 0 Å². The second kappa shape index (κ2) is 3.74. The molecule has 1 aromatic rings. The molecule has 2 N–H and O–H groups in total. The molecular weight excluding hydrogens is 200 g/mol. The van der Waals surface area contributed by atoms with Crippen molar-refractivity contribution in [2.45, 2.75) is 31.6 Å². The normalized spacial score (nSPS) is 22.8. The van der Waals surface area contributed by atoms with Gasteiger partial charge >= 0.3 is 0 Å². The number of pyridine rings is 1. The third-order valence-corrected chi connectivity index (χ3v) is 3.54. The van der Waals surface area contributed by atoms with E-state index in [1.165, 1.54) is 0 Å². The Kier molecular flexibility index (Phi) is 2.54. The lowest BCUT2D eigenvalue weighted by Gasteiger charge is -2.28. The third-order valence-electron chi connectivity index (χ3n) is 3.54. The van der Waals surface area contributed by atoms with Crippen molar-refractivity contribution in [3.8, 4) is 0 Å². The number of aromatic nitrogens is 1. The topological polar surface area (TPSA) is 56.0 Å². The monoisotopic (exact) mass is 216 g/mol. The zero-order valence-electron chi connectivity index (χ0n) is 9.49. The van der Waals surface area contributed by atoms with E-state index in [9.17, 15) is 4.79 Å². The highest BCUT2D eigenvalue weighted by atomic mass is 16.1. The highest BCUT2D eigenvalue weighted by Crippen LogP contribution is 2.43. The average molecular weight is 216 g/mol. The number of fused-ring (bicyclic) bond motifs is 1. The lowest BCUT2D eigenvalue weighted by atomic mass is 9.74. The average Bonchev–Trinajstić information content (AvgIpc) is 2.68. The molecule has 1 amide bonds. The molecule has 2 rings (SSSR count). The predicted octanol–water partition coefficient (Wildman–Crippen LogP) is 1.72. The fourth-order valence-corrected chi connectivity index (χ4v) is 2.57. The molecule has 0 bridgehead atoms. The molecule has 3 heteroatoms. The van der Waals surface area contributed by atoms with Crippen molar-refractivity contribution in [1.29, 1.82) is 0 Å². The van der Waals surface area contributed by atoms with Crippen LogP contribution in [-0.4, -0.2) is 10.9 Å². The fraction of sp³-hybridized carbons (Fsp3) is 0.385. The van der Waals surface area contributed by atoms with E-state index < -0.39 is 5.41 Å². The van der Waals surface area contributed by atoms with E-state index in [0.29, 0.717) is 6.42 Å². The van der Waals surface area contributed by atoms with Crippen molar-refractivity contribution in [3.63, 3.8) is 0 Å². The lowest BCUT2D eigenvalue weighted by molar-refractivity contribution is -0.122. The maximum atomic E-state index is 11.8. The van der Waals surface area contributed by atoms with Gasteiger partial charge in [-0.05, 0) is 30.9 Å². The quantitative estimate of drug-likeness (QED) is 0.782. The summed E-state index contributed by atoms with van der Waals surface area (Å²) in [5.74, 6) is -0.300. The maximum absolute atomic E-state index is 11.8. The van der Waals surface area contributed by atoms with Gasteiger partial charge in [0.05, 0.1) is 5.41 Å². The molecular formula is C13H16N2O. The maximum Gasteiger partial charge on any atom is 0.232 e. The Hall–Kier alpha value is -1.64. The summed E-state index contributed by atoms with van der Waals surface area (Å²) in [5.41, 5.74) is 7.74. The van der Waals surface area contributed by atoms with Gasteiger partial charge in [0, 0.05) is 11.9 Å². The molecule has 1 unspecified atom stereocenters. The van der Waals surface area contributed by atoms with Gasteiger partial charge in [0.25, 0.3) is 0 Å². The summed E-state index contributed by atoms with van der Waals surface area (Å²) in [6.07, 6.45) is 4.03. The van der Waals surface area contributed by atoms with E-state index in [1.54, 1.807) is 6.20 Å². The smallest absolute Gasteiger partial charge is 0.232 e. The number of hydrogen-bond donors (Lipinski definition) is 1. The van der Waals surface area contributed by atoms with Gasteiger partial charge in [-0.3, -0.25) is 9.78 Å². The van der Waals surface area contributed by atoms with Crippen molar-refractivity contribution in [2.75, 3.05) is 0 Å². The lowest BCUT2D eigenvalue weighted by Crippen LogP contribution is -2.40. The van der Waals surface area contributed by atoms with Crippen LogP contribution >= 0.6 is 0 Å². The van der Waals surface area contributed by atoms with Gasteiger partial charge in [0.15, 0.2) is 0 Å². The molecule has 0 aliphatic heterocycles. The van der Waals surface area contributed by atoms with Crippen LogP contribution in [0.4, 0.5) is 0 Å². The van der Waals surface area contributed by atoms with Crippen LogP contribution in [0.1, 0.15) is 31.0 Å². The first-order valence-electron chi connectivity index (χ1n) is 5.55. The Labute approximate surface area is 95.4 Å². The summed E-state index contributed by atoms with van der Waals surface area (Å²) in [4.78, 5) is 16.1. The molecule has 0 saturated carbocycles. The number of primary amides is 1. The Morgan fingerprint density at radius 1 is 1.69 bits per heavy atom. The second-order valence-corrected chi connectivity index (χ2v) is 4.22. The van der Waals surface area contributed by atoms with E-state index in [4.69, 9.17) is 5.73 Å². The van der Waals surface area contributed by atoms with Crippen molar-refractivity contribution in [1.82, 2.24) is 4.98 Å². The van der Waals surface area contributed by atoms with Crippen molar-refractivity contribution < 1.29 is 4.79 Å². The SMILES string of the molecule is C=C(CC)C1(C(N)=O)CCc2ncccc21. The zero-order valence-corrected chi connectivity index (χ0v) is 9.49. The largest absolute Gasteiger partial charge is 0.369 e. The van der Waals surface area contributed by atoms with Crippen LogP contribution < -0.4 is 5.73 Å². The van der Waals surface area contributed by atoms with Crippen LogP contribution in [0, 0.1) is 0 Å². The minimum absolute atomic E-state index is 0.300. The minimum atomic E-state index is -0.682. The standard InChI is InChI=1S/C13H16N2O/c1-3-9(2)13(12(14)16)7-6-11-10(13)5-4-8-15-11/h4-5,8H,2-3,6-7H2,1H3,(H2,14,16). The van der Waals surface area contributed by atoms with E-state index in [0.717, 1.165) is 29.7 Å². The number of aryl methyl sites for hydroxylation is 1. The summed E-state index contributed by atoms with van der Waals surface area (Å²) in [6.45, 7) is 6.02. The van der Waals surface area contributed by atoms with Crippen LogP contribution in [0.5, 0.6) is 0 Å². The van der Waals surface area contributed by atoms with Crippen LogP contribution in [0.25, 0.3) is 0 Å². The summed E-state index contributed by atoms with van der Waals surface area (Å²) in [5, 5.41) is 0. The first kappa shape index (κ1) is 10.9. The van der Waals surface area contributed by atoms with Gasteiger partial charge in [-0.1, -0.05) is 25.1 Å². The number of nitrogens with zero attached hydrogens (tertiary/aromatic N) is 1. The van der Waals surface area contributed by atoms with Gasteiger partial charge in [0.2, 0.25) is 5.91 Å². The first-order valence-corrected chi connectivity index (χ1v) is 5.55. The minimum Gasteiger partial charge on any atom is -0.369 e. The first-order chi connectivity index (χ1) is 7.63. The van der Waals surface area contributed by atoms with Gasteiger partial charge in [-0.25, -0.2) is 0 Å². The highest BCUT2D eigenvalue weighted by molar-refractivity contribution is 5.91. The van der Waals surface area contributed by atoms with Crippen LogP contribution in [0.15, 0.2) is 30.5 Å². The van der Waals surface area contributed by atoms with Crippen molar-refractivity contribution in [2.24, 2.45) is 5.73 Å². The number of rotatable bonds is 3. The van der Waals surface area contributed by atoms with E-state index in [2.05, 4.69) is 11.6 Å². The Morgan fingerprint density at radius 2 is 2.44 bits per heavy atom. The molecule has 1 heterocycles. The molecule has 84 valence electrons. The van der Waals surface area contributed by atoms with Gasteiger partial charge in [-0.2, -0.15) is 0 Å². The van der Waals surface area contributed by atoms with Crippen molar-refractivity contribution in [3.05, 3.63) is 41.7 Å². The molecule has 3 nitrogen and oxygen atoms in total. The number of hydrogen-bond acceptors (Lipinski definition) is 2. The highest BCUT2D eigenvalue weighted by Gasteiger charge is 2.45. The molecule has 0 radical (unpaired) electrons. The van der Waals surface area contributed by atoms with Gasteiger partial charge < -0.3 is 5.73 Å². The molecule has 16 heavy (non-hydrogen) atoms. The predicted molar refractivity (Wildman–Crippen MR) is 62.9 cm³/mol. The number of nitrogens with two attached hydrogens (primary N) is 1. The number of carbonyl (C=O) groups excluding carboxylic acids is 1. The molecule has 0 fully saturated rings. The van der Waals surface area contributed by atoms with E-state index in [1.807, 2.05) is 19.1 Å². The van der Waals surface area contributed by atoms with Crippen LogP contribution in [-0.2, 0) is 16.6 Å². The summed E-state index contributed by atoms with van der Waals surface area (Å²) >= 11 is 0. The zero-order chi connectivity index (χ0) is 11.8. The molecule has 0 spiro atoms. The summed E-state index contributed by atoms with van der Waals surface area (Å²) in [7, 11) is 0. The number of carbonyl (C=O) groups is 1. The fourth-order valence-electron chi connectivity index (χ4n) is 2.57. The van der Waals surface area contributed by atoms with E-state index >= 15 is 0 Å². The summed E-state index contributed by atoms with van der Waals surface area (Å²) in [6, 6.07) is 3.80. The Bertz CT molecular complexity index is 453. The molecule has 1 aliphatic rings. The molecule has 1 aromatic heterocycles. The Morgan fingerprint density at radius 3 is 3.06 bits per heavy atom. The molecule has 1 atom stereocenters. The van der Waals surface area contributed by atoms with Gasteiger partial charge in [0.1, 0.15) is 0 Å². The van der Waals surface area contributed by atoms with Crippen LogP contribution in [0.3, 0.4) is 0 Å². The molecule has 0 aromatic carbocycles. The van der Waals surface area contributed by atoms with Gasteiger partial charge in [-0.15, -0.1) is 0 Å². The van der Waals surface area contributed by atoms with Crippen molar-refractivity contribution >= 4 is 5.91 Å². The number of amides is 1. The Balaban J connectivity index is 2.60. The third kappa shape index (κ3) is 1.28. The molecule has 1 aliphatic carbocycles. The summed E-state index contributed by atoms with van der Waals surface area (Å²) < 4.78 is 0. The molecule has 0 saturated heterocycles. The van der Waals surface area contributed by atoms with E-state index in [-0.39, 0.29) is 5.91 Å². The second-order valence-electron chi connectivity index (χ2n) is 4.22.